The maximum absolute atomic E-state index is 14.1. The molecule has 0 aromatic heterocycles. The zero-order valence-corrected chi connectivity index (χ0v) is 27.9. The first kappa shape index (κ1) is 32.7. The summed E-state index contributed by atoms with van der Waals surface area (Å²) in [5.41, 5.74) is 3.79. The van der Waals surface area contributed by atoms with E-state index in [-0.39, 0.29) is 45.2 Å². The van der Waals surface area contributed by atoms with Crippen LogP contribution in [0.15, 0.2) is 82.6 Å². The Morgan fingerprint density at radius 3 is 2.00 bits per heavy atom. The van der Waals surface area contributed by atoms with E-state index in [2.05, 4.69) is 39.2 Å². The quantitative estimate of drug-likeness (QED) is 0.215. The van der Waals surface area contributed by atoms with Crippen LogP contribution < -0.4 is 8.92 Å². The highest BCUT2D eigenvalue weighted by atomic mass is 32.2. The summed E-state index contributed by atoms with van der Waals surface area (Å²) >= 11 is 0. The van der Waals surface area contributed by atoms with Gasteiger partial charge >= 0.3 is 10.1 Å². The van der Waals surface area contributed by atoms with Crippen molar-refractivity contribution in [2.45, 2.75) is 70.6 Å². The third kappa shape index (κ3) is 6.38. The molecule has 3 aliphatic rings. The smallest absolute Gasteiger partial charge is 0.339 e. The van der Waals surface area contributed by atoms with Gasteiger partial charge in [0.15, 0.2) is 23.1 Å². The van der Waals surface area contributed by atoms with E-state index >= 15 is 0 Å². The highest BCUT2D eigenvalue weighted by Gasteiger charge is 2.49. The second-order valence-corrected chi connectivity index (χ2v) is 15.3. The molecule has 0 N–H and O–H groups in total. The van der Waals surface area contributed by atoms with Gasteiger partial charge in [-0.05, 0) is 53.9 Å². The van der Waals surface area contributed by atoms with Gasteiger partial charge in [-0.1, -0.05) is 58.0 Å². The maximum atomic E-state index is 14.1. The fraction of sp³-hybridized carbons (Fsp3) is 0.444. The van der Waals surface area contributed by atoms with E-state index in [1.165, 1.54) is 19.2 Å². The normalized spacial score (nSPS) is 19.7. The van der Waals surface area contributed by atoms with E-state index in [9.17, 15) is 18.0 Å². The van der Waals surface area contributed by atoms with Crippen LogP contribution in [0.4, 0.5) is 0 Å². The van der Waals surface area contributed by atoms with Gasteiger partial charge in [0.25, 0.3) is 0 Å². The molecule has 2 aromatic carbocycles. The standard InChI is InChI=1S/C36H43NO7S/c1-8-12-23-17-24(18-30(43-7)34(23)44-45(40,41)25-13-10-9-11-14-25)31-32-26(19-35(2,3)21-28(32)38)37(15-16-42-6)27-20-36(4,5)22-29(39)33(27)31/h8-11,13-14,17-18,31H,1,12,15-16,19-22H2,2-7H3. The van der Waals surface area contributed by atoms with Crippen molar-refractivity contribution in [1.82, 2.24) is 4.90 Å². The summed E-state index contributed by atoms with van der Waals surface area (Å²) in [5, 5.41) is 0. The van der Waals surface area contributed by atoms with E-state index in [1.54, 1.807) is 37.5 Å². The van der Waals surface area contributed by atoms with E-state index in [0.717, 1.165) is 11.4 Å². The van der Waals surface area contributed by atoms with Crippen LogP contribution in [-0.2, 0) is 30.9 Å². The molecule has 240 valence electrons. The van der Waals surface area contributed by atoms with Gasteiger partial charge in [-0.25, -0.2) is 0 Å². The maximum Gasteiger partial charge on any atom is 0.339 e. The highest BCUT2D eigenvalue weighted by molar-refractivity contribution is 7.87. The zero-order valence-electron chi connectivity index (χ0n) is 27.1. The van der Waals surface area contributed by atoms with Crippen molar-refractivity contribution in [1.29, 1.82) is 0 Å². The number of carbonyl (C=O) groups is 2. The fourth-order valence-electron chi connectivity index (χ4n) is 6.98. The summed E-state index contributed by atoms with van der Waals surface area (Å²) in [6.07, 6.45) is 3.99. The molecule has 0 bridgehead atoms. The number of hydrogen-bond donors (Lipinski definition) is 0. The fourth-order valence-corrected chi connectivity index (χ4v) is 7.98. The Balaban J connectivity index is 1.75. The van der Waals surface area contributed by atoms with Crippen molar-refractivity contribution < 1.29 is 31.7 Å². The first-order valence-electron chi connectivity index (χ1n) is 15.3. The Bertz CT molecular complexity index is 1650. The molecule has 0 saturated heterocycles. The van der Waals surface area contributed by atoms with Crippen molar-refractivity contribution in [3.05, 3.63) is 88.8 Å². The summed E-state index contributed by atoms with van der Waals surface area (Å²) in [6.45, 7) is 13.3. The molecule has 45 heavy (non-hydrogen) atoms. The molecule has 0 spiro atoms. The first-order valence-corrected chi connectivity index (χ1v) is 16.7. The van der Waals surface area contributed by atoms with E-state index in [1.807, 2.05) is 6.07 Å². The predicted octanol–water partition coefficient (Wildman–Crippen LogP) is 6.52. The van der Waals surface area contributed by atoms with E-state index in [4.69, 9.17) is 13.7 Å². The number of ether oxygens (including phenoxy) is 2. The molecule has 0 amide bonds. The third-order valence-electron chi connectivity index (χ3n) is 8.84. The SMILES string of the molecule is C=CCc1cc(C2C3=C(CC(C)(C)CC3=O)N(CCOC)C3=C2C(=O)CC(C)(C)C3)cc(OC)c1OS(=O)(=O)c1ccccc1. The molecule has 5 rings (SSSR count). The molecule has 0 radical (unpaired) electrons. The molecule has 1 aliphatic heterocycles. The van der Waals surface area contributed by atoms with Crippen LogP contribution in [0.2, 0.25) is 0 Å². The minimum Gasteiger partial charge on any atom is -0.493 e. The molecule has 0 fully saturated rings. The molecule has 8 nitrogen and oxygen atoms in total. The van der Waals surface area contributed by atoms with E-state index in [0.29, 0.717) is 61.1 Å². The van der Waals surface area contributed by atoms with Crippen molar-refractivity contribution in [3.8, 4) is 11.5 Å². The number of allylic oxidation sites excluding steroid dienone is 5. The Hall–Kier alpha value is -3.69. The summed E-state index contributed by atoms with van der Waals surface area (Å²) in [4.78, 5) is 30.5. The summed E-state index contributed by atoms with van der Waals surface area (Å²) in [6, 6.07) is 11.5. The number of methoxy groups -OCH3 is 2. The van der Waals surface area contributed by atoms with Gasteiger partial charge in [-0.15, -0.1) is 6.58 Å². The second kappa shape index (κ2) is 12.2. The Labute approximate surface area is 266 Å². The Kier molecular flexibility index (Phi) is 8.90. The molecule has 9 heteroatoms. The number of carbonyl (C=O) groups excluding carboxylic acids is 2. The Morgan fingerprint density at radius 2 is 1.49 bits per heavy atom. The minimum absolute atomic E-state index is 0.00840. The first-order chi connectivity index (χ1) is 21.2. The monoisotopic (exact) mass is 633 g/mol. The lowest BCUT2D eigenvalue weighted by molar-refractivity contribution is -0.119. The molecule has 0 saturated carbocycles. The van der Waals surface area contributed by atoms with Gasteiger partial charge in [-0.2, -0.15) is 8.42 Å². The zero-order chi connectivity index (χ0) is 32.7. The summed E-state index contributed by atoms with van der Waals surface area (Å²) in [7, 11) is -1.08. The van der Waals surface area contributed by atoms with Crippen LogP contribution in [0.3, 0.4) is 0 Å². The van der Waals surface area contributed by atoms with Crippen molar-refractivity contribution >= 4 is 21.7 Å². The largest absolute Gasteiger partial charge is 0.493 e. The minimum atomic E-state index is -4.18. The van der Waals surface area contributed by atoms with Gasteiger partial charge in [-0.3, -0.25) is 9.59 Å². The van der Waals surface area contributed by atoms with Gasteiger partial charge in [0.05, 0.1) is 13.7 Å². The second-order valence-electron chi connectivity index (χ2n) is 13.7. The lowest BCUT2D eigenvalue weighted by atomic mass is 9.63. The van der Waals surface area contributed by atoms with Gasteiger partial charge in [0, 0.05) is 60.5 Å². The number of ketones is 2. The summed E-state index contributed by atoms with van der Waals surface area (Å²) in [5.74, 6) is -0.360. The number of benzene rings is 2. The predicted molar refractivity (Wildman–Crippen MR) is 173 cm³/mol. The lowest BCUT2D eigenvalue weighted by Crippen LogP contribution is -2.45. The van der Waals surface area contributed by atoms with Crippen LogP contribution in [-0.4, -0.2) is 52.3 Å². The van der Waals surface area contributed by atoms with Crippen LogP contribution in [0.5, 0.6) is 11.5 Å². The molecular formula is C36H43NO7S. The average molecular weight is 634 g/mol. The van der Waals surface area contributed by atoms with Crippen LogP contribution in [0.25, 0.3) is 0 Å². The number of Topliss-reactive ketones (excluding diaryl/α,β-unsaturated/α-hetero) is 2. The molecular weight excluding hydrogens is 590 g/mol. The van der Waals surface area contributed by atoms with E-state index < -0.39 is 16.0 Å². The molecule has 0 unspecified atom stereocenters. The van der Waals surface area contributed by atoms with Crippen LogP contribution >= 0.6 is 0 Å². The Morgan fingerprint density at radius 1 is 0.911 bits per heavy atom. The van der Waals surface area contributed by atoms with Gasteiger partial charge in [0.2, 0.25) is 0 Å². The van der Waals surface area contributed by atoms with Gasteiger partial charge < -0.3 is 18.6 Å². The average Bonchev–Trinajstić information content (AvgIpc) is 2.96. The lowest BCUT2D eigenvalue weighted by Gasteiger charge is -2.49. The number of nitrogens with zero attached hydrogens (tertiary/aromatic N) is 1. The molecule has 2 aliphatic carbocycles. The van der Waals surface area contributed by atoms with Crippen molar-refractivity contribution in [2.24, 2.45) is 10.8 Å². The number of rotatable bonds is 10. The van der Waals surface area contributed by atoms with Crippen LogP contribution in [0, 0.1) is 10.8 Å². The molecule has 1 heterocycles. The number of hydrogen-bond acceptors (Lipinski definition) is 8. The summed E-state index contributed by atoms with van der Waals surface area (Å²) < 4.78 is 43.6. The van der Waals surface area contributed by atoms with Crippen molar-refractivity contribution in [3.63, 3.8) is 0 Å². The van der Waals surface area contributed by atoms with Crippen LogP contribution in [0.1, 0.15) is 70.4 Å². The third-order valence-corrected chi connectivity index (χ3v) is 10.1. The highest BCUT2D eigenvalue weighted by Crippen LogP contribution is 2.55. The van der Waals surface area contributed by atoms with Crippen molar-refractivity contribution in [2.75, 3.05) is 27.4 Å². The topological polar surface area (TPSA) is 99.2 Å². The molecule has 2 aromatic rings. The van der Waals surface area contributed by atoms with Gasteiger partial charge in [0.1, 0.15) is 4.90 Å². The molecule has 0 atom stereocenters.